The Balaban J connectivity index is 1.61. The van der Waals surface area contributed by atoms with Crippen molar-refractivity contribution in [2.45, 2.75) is 0 Å². The van der Waals surface area contributed by atoms with Gasteiger partial charge in [-0.1, -0.05) is 60.7 Å². The van der Waals surface area contributed by atoms with Crippen LogP contribution in [0.5, 0.6) is 0 Å². The molecule has 1 heterocycles. The summed E-state index contributed by atoms with van der Waals surface area (Å²) in [5.74, 6) is -0.370. The summed E-state index contributed by atoms with van der Waals surface area (Å²) in [4.78, 5) is 24.4. The predicted octanol–water partition coefficient (Wildman–Crippen LogP) is 3.84. The van der Waals surface area contributed by atoms with Gasteiger partial charge >= 0.3 is 0 Å². The molecule has 0 saturated heterocycles. The van der Waals surface area contributed by atoms with Crippen LogP contribution in [0.3, 0.4) is 0 Å². The molecule has 0 saturated carbocycles. The van der Waals surface area contributed by atoms with E-state index in [1.807, 2.05) is 54.6 Å². The number of benzene rings is 3. The van der Waals surface area contributed by atoms with Gasteiger partial charge in [-0.3, -0.25) is 9.59 Å². The summed E-state index contributed by atoms with van der Waals surface area (Å²) in [6, 6.07) is 24.5. The van der Waals surface area contributed by atoms with Crippen molar-refractivity contribution < 1.29 is 4.79 Å². The summed E-state index contributed by atoms with van der Waals surface area (Å²) in [7, 11) is 0. The van der Waals surface area contributed by atoms with E-state index in [1.54, 1.807) is 24.3 Å². The van der Waals surface area contributed by atoms with E-state index in [0.29, 0.717) is 16.5 Å². The fraction of sp³-hybridized carbons (Fsp3) is 0. The van der Waals surface area contributed by atoms with Crippen molar-refractivity contribution >= 4 is 22.4 Å². The van der Waals surface area contributed by atoms with Crippen LogP contribution in [-0.2, 0) is 0 Å². The Bertz CT molecular complexity index is 1130. The molecule has 5 nitrogen and oxygen atoms in total. The molecule has 0 unspecified atom stereocenters. The Morgan fingerprint density at radius 2 is 1.38 bits per heavy atom. The van der Waals surface area contributed by atoms with Crippen LogP contribution < -0.4 is 10.9 Å². The lowest BCUT2D eigenvalue weighted by Gasteiger charge is -2.08. The van der Waals surface area contributed by atoms with E-state index in [1.165, 1.54) is 0 Å². The van der Waals surface area contributed by atoms with Crippen molar-refractivity contribution in [3.63, 3.8) is 0 Å². The maximum Gasteiger partial charge on any atom is 0.276 e. The van der Waals surface area contributed by atoms with Gasteiger partial charge in [0.05, 0.1) is 5.39 Å². The average molecular weight is 341 g/mol. The Morgan fingerprint density at radius 3 is 2.12 bits per heavy atom. The van der Waals surface area contributed by atoms with Gasteiger partial charge in [0.25, 0.3) is 11.5 Å². The lowest BCUT2D eigenvalue weighted by molar-refractivity contribution is 0.102. The normalized spacial score (nSPS) is 10.6. The van der Waals surface area contributed by atoms with Crippen LogP contribution >= 0.6 is 0 Å². The van der Waals surface area contributed by atoms with Gasteiger partial charge in [0.15, 0.2) is 5.69 Å². The van der Waals surface area contributed by atoms with Gasteiger partial charge in [-0.2, -0.15) is 5.10 Å². The molecule has 0 fully saturated rings. The highest BCUT2D eigenvalue weighted by molar-refractivity contribution is 6.11. The molecule has 4 aromatic rings. The molecular weight excluding hydrogens is 326 g/mol. The molecule has 0 aliphatic heterocycles. The minimum atomic E-state index is -0.370. The zero-order valence-electron chi connectivity index (χ0n) is 13.8. The van der Waals surface area contributed by atoms with E-state index in [4.69, 9.17) is 0 Å². The van der Waals surface area contributed by atoms with Gasteiger partial charge < -0.3 is 5.32 Å². The number of nitrogens with zero attached hydrogens (tertiary/aromatic N) is 1. The van der Waals surface area contributed by atoms with Gasteiger partial charge in [0.1, 0.15) is 0 Å². The molecule has 1 aromatic heterocycles. The average Bonchev–Trinajstić information content (AvgIpc) is 2.70. The minimum absolute atomic E-state index is 0.187. The molecule has 0 atom stereocenters. The van der Waals surface area contributed by atoms with E-state index in [0.717, 1.165) is 11.1 Å². The van der Waals surface area contributed by atoms with Crippen molar-refractivity contribution in [2.75, 3.05) is 5.32 Å². The number of nitrogens with one attached hydrogen (secondary N) is 2. The van der Waals surface area contributed by atoms with Gasteiger partial charge in [-0.05, 0) is 29.3 Å². The van der Waals surface area contributed by atoms with Crippen LogP contribution in [0.1, 0.15) is 10.5 Å². The predicted molar refractivity (Wildman–Crippen MR) is 102 cm³/mol. The zero-order valence-corrected chi connectivity index (χ0v) is 13.8. The molecular formula is C21H15N3O2. The number of carbonyl (C=O) groups excluding carboxylic acids is 1. The van der Waals surface area contributed by atoms with Crippen LogP contribution in [0, 0.1) is 0 Å². The number of fused-ring (bicyclic) bond motifs is 1. The van der Waals surface area contributed by atoms with Crippen LogP contribution in [-0.4, -0.2) is 16.1 Å². The number of hydrogen-bond donors (Lipinski definition) is 2. The van der Waals surface area contributed by atoms with Crippen molar-refractivity contribution in [2.24, 2.45) is 0 Å². The van der Waals surface area contributed by atoms with Crippen molar-refractivity contribution in [1.29, 1.82) is 0 Å². The summed E-state index contributed by atoms with van der Waals surface area (Å²) in [6.45, 7) is 0. The number of hydrogen-bond acceptors (Lipinski definition) is 3. The van der Waals surface area contributed by atoms with E-state index in [-0.39, 0.29) is 17.2 Å². The second-order valence-electron chi connectivity index (χ2n) is 5.84. The van der Waals surface area contributed by atoms with Crippen molar-refractivity contribution in [1.82, 2.24) is 10.2 Å². The number of rotatable bonds is 3. The number of H-pyrrole nitrogens is 1. The molecule has 0 radical (unpaired) electrons. The van der Waals surface area contributed by atoms with Crippen LogP contribution in [0.4, 0.5) is 5.69 Å². The number of carbonyl (C=O) groups is 1. The van der Waals surface area contributed by atoms with Gasteiger partial charge in [0, 0.05) is 11.1 Å². The van der Waals surface area contributed by atoms with E-state index in [9.17, 15) is 9.59 Å². The largest absolute Gasteiger partial charge is 0.321 e. The number of amides is 1. The quantitative estimate of drug-likeness (QED) is 0.594. The highest BCUT2D eigenvalue weighted by Crippen LogP contribution is 2.21. The Hall–Kier alpha value is -3.73. The van der Waals surface area contributed by atoms with E-state index < -0.39 is 0 Å². The zero-order chi connectivity index (χ0) is 17.9. The summed E-state index contributed by atoms with van der Waals surface area (Å²) in [5.41, 5.74) is 2.71. The molecule has 0 bridgehead atoms. The Kier molecular flexibility index (Phi) is 4.03. The first-order valence-corrected chi connectivity index (χ1v) is 8.16. The Morgan fingerprint density at radius 1 is 0.769 bits per heavy atom. The molecule has 0 aliphatic carbocycles. The first kappa shape index (κ1) is 15.8. The fourth-order valence-corrected chi connectivity index (χ4v) is 2.85. The molecule has 26 heavy (non-hydrogen) atoms. The Labute approximate surface area is 149 Å². The summed E-state index contributed by atoms with van der Waals surface area (Å²) < 4.78 is 0. The SMILES string of the molecule is O=C(Nc1ccc(-c2ccccc2)cc1)c1n[nH]c(=O)c2ccccc12. The first-order valence-electron chi connectivity index (χ1n) is 8.16. The lowest BCUT2D eigenvalue weighted by Crippen LogP contribution is -2.19. The maximum atomic E-state index is 12.6. The monoisotopic (exact) mass is 341 g/mol. The third-order valence-electron chi connectivity index (χ3n) is 4.16. The van der Waals surface area contributed by atoms with Crippen molar-refractivity contribution in [3.8, 4) is 11.1 Å². The molecule has 2 N–H and O–H groups in total. The topological polar surface area (TPSA) is 74.8 Å². The molecule has 1 amide bonds. The number of aromatic nitrogens is 2. The highest BCUT2D eigenvalue weighted by atomic mass is 16.2. The van der Waals surface area contributed by atoms with Gasteiger partial charge in [-0.15, -0.1) is 0 Å². The van der Waals surface area contributed by atoms with E-state index in [2.05, 4.69) is 15.5 Å². The molecule has 0 aliphatic rings. The standard InChI is InChI=1S/C21H15N3O2/c25-20-18-9-5-4-8-17(18)19(23-24-20)21(26)22-16-12-10-15(11-13-16)14-6-2-1-3-7-14/h1-13H,(H,22,26)(H,24,25). The van der Waals surface area contributed by atoms with E-state index >= 15 is 0 Å². The molecule has 3 aromatic carbocycles. The molecule has 0 spiro atoms. The third-order valence-corrected chi connectivity index (χ3v) is 4.16. The van der Waals surface area contributed by atoms with Gasteiger partial charge in [-0.25, -0.2) is 5.10 Å². The second-order valence-corrected chi connectivity index (χ2v) is 5.84. The van der Waals surface area contributed by atoms with Crippen molar-refractivity contribution in [3.05, 3.63) is 94.9 Å². The summed E-state index contributed by atoms with van der Waals surface area (Å²) in [5, 5.41) is 10.1. The fourth-order valence-electron chi connectivity index (χ4n) is 2.85. The highest BCUT2D eigenvalue weighted by Gasteiger charge is 2.14. The number of anilines is 1. The van der Waals surface area contributed by atoms with Crippen LogP contribution in [0.25, 0.3) is 21.9 Å². The molecule has 126 valence electrons. The second kappa shape index (κ2) is 6.64. The summed E-state index contributed by atoms with van der Waals surface area (Å²) >= 11 is 0. The molecule has 5 heteroatoms. The first-order chi connectivity index (χ1) is 12.7. The smallest absolute Gasteiger partial charge is 0.276 e. The minimum Gasteiger partial charge on any atom is -0.321 e. The number of aromatic amines is 1. The molecule has 4 rings (SSSR count). The van der Waals surface area contributed by atoms with Gasteiger partial charge in [0.2, 0.25) is 0 Å². The lowest BCUT2D eigenvalue weighted by atomic mass is 10.1. The van der Waals surface area contributed by atoms with Crippen LogP contribution in [0.15, 0.2) is 83.7 Å². The maximum absolute atomic E-state index is 12.6. The third kappa shape index (κ3) is 2.98. The van der Waals surface area contributed by atoms with Crippen LogP contribution in [0.2, 0.25) is 0 Å². The summed E-state index contributed by atoms with van der Waals surface area (Å²) in [6.07, 6.45) is 0.